The Bertz CT molecular complexity index is 1600. The van der Waals surface area contributed by atoms with E-state index in [2.05, 4.69) is 15.3 Å². The van der Waals surface area contributed by atoms with Crippen molar-refractivity contribution < 1.29 is 27.2 Å². The second-order valence-electron chi connectivity index (χ2n) is 9.78. The van der Waals surface area contributed by atoms with Gasteiger partial charge in [0.05, 0.1) is 5.52 Å². The van der Waals surface area contributed by atoms with E-state index in [9.17, 15) is 27.2 Å². The monoisotopic (exact) mass is 537 g/mol. The zero-order chi connectivity index (χ0) is 26.6. The number of halogens is 1. The van der Waals surface area contributed by atoms with E-state index in [1.807, 2.05) is 0 Å². The molecule has 1 unspecified atom stereocenters. The minimum Gasteiger partial charge on any atom is -0.322 e. The van der Waals surface area contributed by atoms with E-state index < -0.39 is 33.7 Å². The summed E-state index contributed by atoms with van der Waals surface area (Å²) < 4.78 is 43.1. The lowest BCUT2D eigenvalue weighted by molar-refractivity contribution is -0.136. The van der Waals surface area contributed by atoms with E-state index >= 15 is 0 Å². The fraction of sp³-hybridized carbons (Fsp3) is 0.346. The molecule has 1 N–H and O–H groups in total. The zero-order valence-corrected chi connectivity index (χ0v) is 21.1. The van der Waals surface area contributed by atoms with Gasteiger partial charge in [0.25, 0.3) is 5.91 Å². The normalized spacial score (nSPS) is 21.1. The third-order valence-corrected chi connectivity index (χ3v) is 9.56. The van der Waals surface area contributed by atoms with Crippen LogP contribution in [0.2, 0.25) is 0 Å². The van der Waals surface area contributed by atoms with Crippen molar-refractivity contribution in [2.75, 3.05) is 13.1 Å². The van der Waals surface area contributed by atoms with Crippen LogP contribution in [0, 0.1) is 5.82 Å². The van der Waals surface area contributed by atoms with Gasteiger partial charge in [-0.3, -0.25) is 29.7 Å². The van der Waals surface area contributed by atoms with Gasteiger partial charge in [-0.1, -0.05) is 6.07 Å². The van der Waals surface area contributed by atoms with Crippen molar-refractivity contribution in [3.8, 4) is 0 Å². The van der Waals surface area contributed by atoms with Gasteiger partial charge in [0.1, 0.15) is 22.3 Å². The molecule has 3 aromatic rings. The molecule has 0 aliphatic carbocycles. The highest BCUT2D eigenvalue weighted by molar-refractivity contribution is 7.89. The number of sulfonamides is 1. The SMILES string of the molecule is O=C1CCC(N2Cc3c(cc(F)cc3C3CCN(S(=O)(=O)c4cccc5nccnc45)CC3)C2=O)C(=O)N1. The van der Waals surface area contributed by atoms with Gasteiger partial charge in [0, 0.05) is 44.0 Å². The number of aromatic nitrogens is 2. The fourth-order valence-corrected chi connectivity index (χ4v) is 7.36. The summed E-state index contributed by atoms with van der Waals surface area (Å²) in [6.07, 6.45) is 4.20. The highest BCUT2D eigenvalue weighted by Gasteiger charge is 2.41. The third-order valence-electron chi connectivity index (χ3n) is 7.63. The summed E-state index contributed by atoms with van der Waals surface area (Å²) in [6, 6.07) is 6.67. The van der Waals surface area contributed by atoms with Crippen molar-refractivity contribution in [3.05, 3.63) is 65.2 Å². The van der Waals surface area contributed by atoms with Gasteiger partial charge in [-0.25, -0.2) is 12.8 Å². The first-order chi connectivity index (χ1) is 18.2. The summed E-state index contributed by atoms with van der Waals surface area (Å²) in [7, 11) is -3.83. The van der Waals surface area contributed by atoms with Gasteiger partial charge in [-0.2, -0.15) is 4.31 Å². The number of hydrogen-bond acceptors (Lipinski definition) is 7. The Hall–Kier alpha value is -3.77. The molecule has 4 heterocycles. The molecular formula is C26H24FN5O5S. The largest absolute Gasteiger partial charge is 0.322 e. The van der Waals surface area contributed by atoms with E-state index in [1.54, 1.807) is 12.1 Å². The maximum absolute atomic E-state index is 14.7. The number of amides is 3. The highest BCUT2D eigenvalue weighted by Crippen LogP contribution is 2.39. The number of carbonyl (C=O) groups is 3. The summed E-state index contributed by atoms with van der Waals surface area (Å²) in [5, 5.41) is 2.27. The van der Waals surface area contributed by atoms with Gasteiger partial charge < -0.3 is 4.90 Å². The Morgan fingerprint density at radius 2 is 1.76 bits per heavy atom. The molecule has 2 aromatic carbocycles. The second-order valence-corrected chi connectivity index (χ2v) is 11.7. The Morgan fingerprint density at radius 1 is 1.00 bits per heavy atom. The minimum atomic E-state index is -3.83. The van der Waals surface area contributed by atoms with Crippen molar-refractivity contribution in [2.24, 2.45) is 0 Å². The van der Waals surface area contributed by atoms with Crippen molar-refractivity contribution in [3.63, 3.8) is 0 Å². The van der Waals surface area contributed by atoms with Crippen LogP contribution in [0.3, 0.4) is 0 Å². The summed E-state index contributed by atoms with van der Waals surface area (Å²) in [6.45, 7) is 0.586. The Balaban J connectivity index is 1.24. The second kappa shape index (κ2) is 9.21. The predicted octanol–water partition coefficient (Wildman–Crippen LogP) is 2.10. The number of rotatable bonds is 4. The first-order valence-electron chi connectivity index (χ1n) is 12.4. The number of nitrogens with zero attached hydrogens (tertiary/aromatic N) is 4. The van der Waals surface area contributed by atoms with Gasteiger partial charge in [0.2, 0.25) is 21.8 Å². The summed E-state index contributed by atoms with van der Waals surface area (Å²) in [4.78, 5) is 47.0. The molecule has 0 spiro atoms. The van der Waals surface area contributed by atoms with Gasteiger partial charge in [-0.05, 0) is 60.6 Å². The maximum Gasteiger partial charge on any atom is 0.255 e. The molecule has 6 rings (SSSR count). The number of para-hydroxylation sites is 1. The van der Waals surface area contributed by atoms with Gasteiger partial charge >= 0.3 is 0 Å². The van der Waals surface area contributed by atoms with Gasteiger partial charge in [0.15, 0.2) is 0 Å². The van der Waals surface area contributed by atoms with Gasteiger partial charge in [-0.15, -0.1) is 0 Å². The molecule has 2 fully saturated rings. The Morgan fingerprint density at radius 3 is 2.53 bits per heavy atom. The number of carbonyl (C=O) groups excluding carboxylic acids is 3. The summed E-state index contributed by atoms with van der Waals surface area (Å²) >= 11 is 0. The highest BCUT2D eigenvalue weighted by atomic mass is 32.2. The lowest BCUT2D eigenvalue weighted by atomic mass is 9.86. The number of fused-ring (bicyclic) bond motifs is 2. The third kappa shape index (κ3) is 4.04. The number of piperidine rings is 2. The topological polar surface area (TPSA) is 130 Å². The van der Waals surface area contributed by atoms with Crippen LogP contribution in [0.15, 0.2) is 47.6 Å². The molecule has 3 aliphatic heterocycles. The molecule has 0 saturated carbocycles. The van der Waals surface area contributed by atoms with E-state index in [-0.39, 0.29) is 54.8 Å². The maximum atomic E-state index is 14.7. The van der Waals surface area contributed by atoms with Crippen LogP contribution >= 0.6 is 0 Å². The van der Waals surface area contributed by atoms with Crippen LogP contribution in [0.1, 0.15) is 53.1 Å². The number of nitrogens with one attached hydrogen (secondary N) is 1. The number of benzene rings is 2. The van der Waals surface area contributed by atoms with Crippen molar-refractivity contribution in [1.29, 1.82) is 0 Å². The molecule has 0 radical (unpaired) electrons. The van der Waals surface area contributed by atoms with Crippen LogP contribution < -0.4 is 5.32 Å². The van der Waals surface area contributed by atoms with Crippen LogP contribution in [-0.2, 0) is 26.2 Å². The first kappa shape index (κ1) is 24.6. The summed E-state index contributed by atoms with van der Waals surface area (Å²) in [5.74, 6) is -2.05. The zero-order valence-electron chi connectivity index (χ0n) is 20.3. The molecule has 38 heavy (non-hydrogen) atoms. The van der Waals surface area contributed by atoms with Crippen molar-refractivity contribution >= 4 is 38.8 Å². The van der Waals surface area contributed by atoms with Crippen molar-refractivity contribution in [2.45, 2.75) is 49.1 Å². The van der Waals surface area contributed by atoms with E-state index in [1.165, 1.54) is 39.8 Å². The fourth-order valence-electron chi connectivity index (χ4n) is 5.74. The molecular weight excluding hydrogens is 513 g/mol. The average Bonchev–Trinajstić information content (AvgIpc) is 3.23. The predicted molar refractivity (Wildman–Crippen MR) is 133 cm³/mol. The summed E-state index contributed by atoms with van der Waals surface area (Å²) in [5.41, 5.74) is 2.34. The Kier molecular flexibility index (Phi) is 5.95. The lowest BCUT2D eigenvalue weighted by Crippen LogP contribution is -2.52. The first-order valence-corrected chi connectivity index (χ1v) is 13.8. The molecule has 3 aliphatic rings. The van der Waals surface area contributed by atoms with Crippen LogP contribution in [0.5, 0.6) is 0 Å². The molecule has 196 valence electrons. The molecule has 2 saturated heterocycles. The van der Waals surface area contributed by atoms with E-state index in [0.29, 0.717) is 35.0 Å². The number of imide groups is 1. The molecule has 10 nitrogen and oxygen atoms in total. The average molecular weight is 538 g/mol. The molecule has 3 amide bonds. The lowest BCUT2D eigenvalue weighted by Gasteiger charge is -2.32. The van der Waals surface area contributed by atoms with E-state index in [0.717, 1.165) is 0 Å². The standard InChI is InChI=1S/C26H24FN5O5S/c27-16-12-17(19-14-32(26(35)18(19)13-16)21-4-5-23(33)30-25(21)34)15-6-10-31(11-7-15)38(36,37)22-3-1-2-20-24(22)29-9-8-28-20/h1-3,8-9,12-13,15,21H,4-7,10-11,14H2,(H,30,33,34). The molecule has 0 bridgehead atoms. The van der Waals surface area contributed by atoms with Crippen molar-refractivity contribution in [1.82, 2.24) is 24.5 Å². The molecule has 12 heteroatoms. The quantitative estimate of drug-likeness (QED) is 0.505. The number of hydrogen-bond donors (Lipinski definition) is 1. The Labute approximate surface area is 217 Å². The molecule has 1 aromatic heterocycles. The minimum absolute atomic E-state index is 0.0960. The molecule has 1 atom stereocenters. The smallest absolute Gasteiger partial charge is 0.255 e. The van der Waals surface area contributed by atoms with E-state index in [4.69, 9.17) is 0 Å². The van der Waals surface area contributed by atoms with Crippen LogP contribution in [-0.4, -0.2) is 64.4 Å². The van der Waals surface area contributed by atoms with Crippen LogP contribution in [0.4, 0.5) is 4.39 Å². The van der Waals surface area contributed by atoms with Crippen LogP contribution in [0.25, 0.3) is 11.0 Å².